The molecule has 4 amide bonds. The summed E-state index contributed by atoms with van der Waals surface area (Å²) in [6, 6.07) is 3.30. The van der Waals surface area contributed by atoms with Gasteiger partial charge in [-0.05, 0) is 17.7 Å². The van der Waals surface area contributed by atoms with Gasteiger partial charge in [0.2, 0.25) is 16.8 Å². The van der Waals surface area contributed by atoms with Gasteiger partial charge in [0, 0.05) is 13.6 Å². The molecule has 10 heteroatoms. The van der Waals surface area contributed by atoms with Gasteiger partial charge >= 0.3 is 12.1 Å². The van der Waals surface area contributed by atoms with Crippen LogP contribution in [0.5, 0.6) is 11.5 Å². The molecule has 0 aromatic heterocycles. The summed E-state index contributed by atoms with van der Waals surface area (Å²) in [4.78, 5) is 23.1. The minimum Gasteiger partial charge on any atom is -0.454 e. The number of benzene rings is 1. The first kappa shape index (κ1) is 15.9. The second-order valence-electron chi connectivity index (χ2n) is 4.53. The Bertz CT molecular complexity index is 703. The highest BCUT2D eigenvalue weighted by atomic mass is 32.2. The van der Waals surface area contributed by atoms with Crippen molar-refractivity contribution in [2.24, 2.45) is 0 Å². The van der Waals surface area contributed by atoms with Crippen molar-refractivity contribution >= 4 is 22.1 Å². The van der Waals surface area contributed by atoms with Gasteiger partial charge in [0.25, 0.3) is 0 Å². The first-order valence-corrected chi connectivity index (χ1v) is 8.03. The van der Waals surface area contributed by atoms with E-state index in [9.17, 15) is 18.0 Å². The highest BCUT2D eigenvalue weighted by molar-refractivity contribution is 7.88. The number of sulfonamides is 1. The Morgan fingerprint density at radius 2 is 1.95 bits per heavy atom. The first-order valence-electron chi connectivity index (χ1n) is 6.18. The van der Waals surface area contributed by atoms with Gasteiger partial charge in [-0.3, -0.25) is 5.32 Å². The summed E-state index contributed by atoms with van der Waals surface area (Å²) in [5.74, 6) is 1.20. The average Bonchev–Trinajstić information content (AvgIpc) is 2.90. The Balaban J connectivity index is 1.87. The summed E-state index contributed by atoms with van der Waals surface area (Å²) in [6.45, 7) is 0.289. The van der Waals surface area contributed by atoms with Crippen LogP contribution in [-0.2, 0) is 16.6 Å². The molecular weight excluding hydrogens is 314 g/mol. The third-order valence-electron chi connectivity index (χ3n) is 2.89. The van der Waals surface area contributed by atoms with Crippen molar-refractivity contribution in [1.82, 2.24) is 14.9 Å². The van der Waals surface area contributed by atoms with Gasteiger partial charge in [0.05, 0.1) is 6.26 Å². The van der Waals surface area contributed by atoms with Gasteiger partial charge in [-0.15, -0.1) is 0 Å². The van der Waals surface area contributed by atoms with Crippen LogP contribution < -0.4 is 20.1 Å². The van der Waals surface area contributed by atoms with Crippen LogP contribution in [0.25, 0.3) is 0 Å². The number of amides is 4. The topological polar surface area (TPSA) is 114 Å². The summed E-state index contributed by atoms with van der Waals surface area (Å²) in [7, 11) is -2.66. The Kier molecular flexibility index (Phi) is 4.40. The van der Waals surface area contributed by atoms with E-state index in [-0.39, 0.29) is 13.3 Å². The van der Waals surface area contributed by atoms with Crippen LogP contribution in [0, 0.1) is 0 Å². The molecule has 1 heterocycles. The Morgan fingerprint density at radius 1 is 1.27 bits per heavy atom. The molecule has 1 aromatic rings. The van der Waals surface area contributed by atoms with Gasteiger partial charge in [-0.1, -0.05) is 6.07 Å². The van der Waals surface area contributed by atoms with Crippen molar-refractivity contribution < 1.29 is 27.5 Å². The largest absolute Gasteiger partial charge is 0.454 e. The van der Waals surface area contributed by atoms with Crippen LogP contribution in [0.3, 0.4) is 0 Å². The predicted octanol–water partition coefficient (Wildman–Crippen LogP) is 0.226. The molecule has 1 aliphatic heterocycles. The maximum absolute atomic E-state index is 11.6. The molecule has 0 atom stereocenters. The first-order chi connectivity index (χ1) is 10.3. The number of hydrogen-bond acceptors (Lipinski definition) is 6. The lowest BCUT2D eigenvalue weighted by Gasteiger charge is -2.15. The molecule has 0 bridgehead atoms. The molecule has 0 radical (unpaired) electrons. The van der Waals surface area contributed by atoms with Gasteiger partial charge in [-0.2, -0.15) is 0 Å². The minimum atomic E-state index is -3.71. The molecule has 1 aromatic carbocycles. The Labute approximate surface area is 127 Å². The molecule has 9 nitrogen and oxygen atoms in total. The van der Waals surface area contributed by atoms with E-state index in [1.807, 2.05) is 5.32 Å². The van der Waals surface area contributed by atoms with Crippen LogP contribution in [0.1, 0.15) is 5.56 Å². The number of urea groups is 2. The van der Waals surface area contributed by atoms with Crippen LogP contribution in [0.4, 0.5) is 9.59 Å². The number of nitrogens with zero attached hydrogens (tertiary/aromatic N) is 1. The van der Waals surface area contributed by atoms with Crippen molar-refractivity contribution in [2.45, 2.75) is 6.54 Å². The number of rotatable bonds is 3. The molecule has 0 spiro atoms. The van der Waals surface area contributed by atoms with E-state index in [4.69, 9.17) is 9.47 Å². The molecule has 22 heavy (non-hydrogen) atoms. The van der Waals surface area contributed by atoms with Gasteiger partial charge in [0.15, 0.2) is 11.5 Å². The van der Waals surface area contributed by atoms with E-state index in [1.54, 1.807) is 18.2 Å². The lowest BCUT2D eigenvalue weighted by Crippen LogP contribution is -2.46. The second-order valence-corrected chi connectivity index (χ2v) is 6.54. The second kappa shape index (κ2) is 6.10. The van der Waals surface area contributed by atoms with Crippen molar-refractivity contribution in [3.05, 3.63) is 23.8 Å². The minimum absolute atomic E-state index is 0.137. The van der Waals surface area contributed by atoms with Crippen molar-refractivity contribution in [3.8, 4) is 11.5 Å². The zero-order valence-corrected chi connectivity index (χ0v) is 12.8. The van der Waals surface area contributed by atoms with E-state index in [2.05, 4.69) is 5.32 Å². The van der Waals surface area contributed by atoms with Gasteiger partial charge < -0.3 is 14.8 Å². The maximum atomic E-state index is 11.6. The lowest BCUT2D eigenvalue weighted by molar-refractivity contribution is 0.174. The number of ether oxygens (including phenoxy) is 2. The molecule has 0 aliphatic carbocycles. The number of hydrogen-bond donors (Lipinski definition) is 2. The molecule has 0 unspecified atom stereocenters. The highest BCUT2D eigenvalue weighted by Crippen LogP contribution is 2.32. The Hall–Kier alpha value is -2.49. The molecule has 120 valence electrons. The monoisotopic (exact) mass is 329 g/mol. The van der Waals surface area contributed by atoms with Crippen LogP contribution in [-0.4, -0.2) is 44.9 Å². The summed E-state index contributed by atoms with van der Waals surface area (Å²) in [5, 5.41) is 4.35. The quantitative estimate of drug-likeness (QED) is 0.820. The summed E-state index contributed by atoms with van der Waals surface area (Å²) < 4.78 is 33.1. The van der Waals surface area contributed by atoms with E-state index < -0.39 is 22.1 Å². The summed E-state index contributed by atoms with van der Waals surface area (Å²) in [5.41, 5.74) is 0.739. The number of carbonyl (C=O) groups is 2. The molecular formula is C12H15N3O6S. The fourth-order valence-electron chi connectivity index (χ4n) is 1.60. The van der Waals surface area contributed by atoms with Crippen molar-refractivity contribution in [1.29, 1.82) is 0 Å². The molecule has 2 N–H and O–H groups in total. The normalized spacial score (nSPS) is 12.6. The van der Waals surface area contributed by atoms with Crippen molar-refractivity contribution in [2.75, 3.05) is 20.1 Å². The standard InChI is InChI=1S/C12H15N3O6S/c1-15(22(2,18)19)12(17)14-11(16)13-6-8-3-4-9-10(5-8)21-7-20-9/h3-5H,6-7H2,1-2H3,(H2,13,14,16,17). The molecule has 2 rings (SSSR count). The predicted molar refractivity (Wildman–Crippen MR) is 75.9 cm³/mol. The molecule has 0 saturated heterocycles. The van der Waals surface area contributed by atoms with E-state index in [0.717, 1.165) is 18.9 Å². The third-order valence-corrected chi connectivity index (χ3v) is 4.05. The number of imide groups is 1. The SMILES string of the molecule is CN(C(=O)NC(=O)NCc1ccc2c(c1)OCO2)S(C)(=O)=O. The highest BCUT2D eigenvalue weighted by Gasteiger charge is 2.20. The summed E-state index contributed by atoms with van der Waals surface area (Å²) in [6.07, 6.45) is 0.858. The van der Waals surface area contributed by atoms with Crippen molar-refractivity contribution in [3.63, 3.8) is 0 Å². The van der Waals surface area contributed by atoms with E-state index in [0.29, 0.717) is 15.8 Å². The fourth-order valence-corrected chi connectivity index (χ4v) is 1.95. The molecule has 0 fully saturated rings. The third kappa shape index (κ3) is 3.79. The number of fused-ring (bicyclic) bond motifs is 1. The van der Waals surface area contributed by atoms with Gasteiger partial charge in [0.1, 0.15) is 0 Å². The lowest BCUT2D eigenvalue weighted by atomic mass is 10.2. The van der Waals surface area contributed by atoms with Crippen LogP contribution in [0.2, 0.25) is 0 Å². The smallest absolute Gasteiger partial charge is 0.338 e. The van der Waals surface area contributed by atoms with E-state index in [1.165, 1.54) is 0 Å². The van der Waals surface area contributed by atoms with Crippen LogP contribution >= 0.6 is 0 Å². The number of nitrogens with one attached hydrogen (secondary N) is 2. The average molecular weight is 329 g/mol. The van der Waals surface area contributed by atoms with E-state index >= 15 is 0 Å². The van der Waals surface area contributed by atoms with Gasteiger partial charge in [-0.25, -0.2) is 22.3 Å². The zero-order valence-electron chi connectivity index (χ0n) is 12.0. The Morgan fingerprint density at radius 3 is 2.64 bits per heavy atom. The summed E-state index contributed by atoms with van der Waals surface area (Å²) >= 11 is 0. The zero-order chi connectivity index (χ0) is 16.3. The molecule has 1 aliphatic rings. The molecule has 0 saturated carbocycles. The number of carbonyl (C=O) groups excluding carboxylic acids is 2. The maximum Gasteiger partial charge on any atom is 0.338 e. The van der Waals surface area contributed by atoms with Crippen LogP contribution in [0.15, 0.2) is 18.2 Å². The fraction of sp³-hybridized carbons (Fsp3) is 0.333.